The Labute approximate surface area is 193 Å². The monoisotopic (exact) mass is 451 g/mol. The van der Waals surface area contributed by atoms with Crippen LogP contribution >= 0.6 is 0 Å². The molecule has 0 aliphatic heterocycles. The van der Waals surface area contributed by atoms with Crippen molar-refractivity contribution >= 4 is 18.1 Å². The summed E-state index contributed by atoms with van der Waals surface area (Å²) in [6.45, 7) is 4.49. The second-order valence-corrected chi connectivity index (χ2v) is 7.77. The van der Waals surface area contributed by atoms with Crippen LogP contribution in [0.4, 0.5) is 9.59 Å². The van der Waals surface area contributed by atoms with Crippen LogP contribution in [0.15, 0.2) is 4.99 Å². The van der Waals surface area contributed by atoms with E-state index in [1.54, 1.807) is 6.26 Å². The molecule has 0 rings (SSSR count). The predicted octanol–water partition coefficient (Wildman–Crippen LogP) is 4.63. The molecular formula is C23H41N5O4. The predicted molar refractivity (Wildman–Crippen MR) is 124 cm³/mol. The number of ether oxygens (including phenoxy) is 1. The third-order valence-corrected chi connectivity index (χ3v) is 5.03. The van der Waals surface area contributed by atoms with Crippen molar-refractivity contribution in [3.05, 3.63) is 0 Å². The number of amides is 4. The molecule has 0 aromatic carbocycles. The van der Waals surface area contributed by atoms with Crippen LogP contribution in [0.5, 0.6) is 0 Å². The average Bonchev–Trinajstić information content (AvgIpc) is 2.79. The maximum absolute atomic E-state index is 12.6. The van der Waals surface area contributed by atoms with Gasteiger partial charge in [-0.15, -0.1) is 0 Å². The fourth-order valence-electron chi connectivity index (χ4n) is 3.16. The molecule has 0 unspecified atom stereocenters. The molecular weight excluding hydrogens is 410 g/mol. The highest BCUT2D eigenvalue weighted by molar-refractivity contribution is 5.93. The Balaban J connectivity index is 4.30. The van der Waals surface area contributed by atoms with Crippen molar-refractivity contribution in [2.75, 3.05) is 32.8 Å². The lowest BCUT2D eigenvalue weighted by atomic mass is 10.1. The summed E-state index contributed by atoms with van der Waals surface area (Å²) >= 11 is 0. The highest BCUT2D eigenvalue weighted by Crippen LogP contribution is 2.05. The van der Waals surface area contributed by atoms with Gasteiger partial charge in [-0.05, 0) is 38.5 Å². The zero-order valence-electron chi connectivity index (χ0n) is 19.7. The molecule has 9 nitrogen and oxygen atoms in total. The molecule has 0 aromatic rings. The number of nitrogens with one attached hydrogen (secondary N) is 2. The molecule has 0 saturated heterocycles. The molecule has 0 aliphatic rings. The quantitative estimate of drug-likeness (QED) is 0.121. The number of nitriles is 1. The molecule has 0 spiro atoms. The van der Waals surface area contributed by atoms with Crippen molar-refractivity contribution in [1.82, 2.24) is 15.5 Å². The van der Waals surface area contributed by atoms with E-state index in [0.29, 0.717) is 39.2 Å². The zero-order valence-corrected chi connectivity index (χ0v) is 19.7. The minimum Gasteiger partial charge on any atom is -0.428 e. The van der Waals surface area contributed by atoms with Gasteiger partial charge in [0.15, 0.2) is 0 Å². The second-order valence-electron chi connectivity index (χ2n) is 7.77. The Bertz CT molecular complexity index is 573. The highest BCUT2D eigenvalue weighted by Gasteiger charge is 2.20. The number of hydrogen-bond acceptors (Lipinski definition) is 6. The van der Waals surface area contributed by atoms with Gasteiger partial charge in [0.2, 0.25) is 6.08 Å². The van der Waals surface area contributed by atoms with Crippen LogP contribution in [-0.4, -0.2) is 55.8 Å². The van der Waals surface area contributed by atoms with Crippen molar-refractivity contribution in [3.63, 3.8) is 0 Å². The first-order valence-electron chi connectivity index (χ1n) is 12.0. The maximum Gasteiger partial charge on any atom is 0.325 e. The summed E-state index contributed by atoms with van der Waals surface area (Å²) < 4.78 is 4.63. The van der Waals surface area contributed by atoms with Gasteiger partial charge in [-0.2, -0.15) is 5.26 Å². The van der Waals surface area contributed by atoms with Gasteiger partial charge in [-0.3, -0.25) is 0 Å². The molecule has 9 heteroatoms. The minimum absolute atomic E-state index is 0.350. The zero-order chi connectivity index (χ0) is 23.7. The standard InChI is InChI=1S/C23H41N5O4/c1-2-3-4-5-11-16-26-22(30)28(18-13-8-6-10-15-25-21-29)23(31)27-17-12-7-9-14-19-32-20-24/h2-19H2,1H3,(H,26,30)(H,27,31). The number of imide groups is 1. The van der Waals surface area contributed by atoms with E-state index in [1.165, 1.54) is 23.8 Å². The number of isocyanates is 1. The lowest BCUT2D eigenvalue weighted by molar-refractivity contribution is 0.184. The van der Waals surface area contributed by atoms with E-state index in [4.69, 9.17) is 5.26 Å². The molecule has 0 aliphatic carbocycles. The summed E-state index contributed by atoms with van der Waals surface area (Å²) in [6, 6.07) is -0.718. The first kappa shape index (κ1) is 29.4. The van der Waals surface area contributed by atoms with Gasteiger partial charge < -0.3 is 15.4 Å². The normalized spacial score (nSPS) is 10.0. The van der Waals surface area contributed by atoms with Crippen molar-refractivity contribution in [1.29, 1.82) is 5.26 Å². The van der Waals surface area contributed by atoms with E-state index in [0.717, 1.165) is 64.2 Å². The molecule has 4 amide bonds. The summed E-state index contributed by atoms with van der Waals surface area (Å²) in [7, 11) is 0. The first-order valence-corrected chi connectivity index (χ1v) is 12.0. The second kappa shape index (κ2) is 23.1. The van der Waals surface area contributed by atoms with Crippen molar-refractivity contribution in [2.45, 2.75) is 90.4 Å². The Hall–Kier alpha value is -2.59. The van der Waals surface area contributed by atoms with E-state index in [2.05, 4.69) is 27.3 Å². The number of aliphatic imine (C=N–C) groups is 1. The molecule has 182 valence electrons. The Morgan fingerprint density at radius 1 is 0.844 bits per heavy atom. The van der Waals surface area contributed by atoms with Crippen LogP contribution in [0.3, 0.4) is 0 Å². The molecule has 2 N–H and O–H groups in total. The average molecular weight is 452 g/mol. The summed E-state index contributed by atoms with van der Waals surface area (Å²) in [5.41, 5.74) is 0. The van der Waals surface area contributed by atoms with E-state index in [-0.39, 0.29) is 12.1 Å². The third kappa shape index (κ3) is 18.2. The first-order chi connectivity index (χ1) is 15.7. The van der Waals surface area contributed by atoms with Gasteiger partial charge in [-0.1, -0.05) is 51.9 Å². The third-order valence-electron chi connectivity index (χ3n) is 5.03. The molecule has 0 radical (unpaired) electrons. The SMILES string of the molecule is CCCCCCCNC(=O)N(CCCCCCN=C=O)C(=O)NCCCCCCOC#N. The van der Waals surface area contributed by atoms with Crippen LogP contribution in [0.1, 0.15) is 90.4 Å². The molecule has 32 heavy (non-hydrogen) atoms. The van der Waals surface area contributed by atoms with Crippen LogP contribution in [-0.2, 0) is 9.53 Å². The van der Waals surface area contributed by atoms with Crippen molar-refractivity contribution in [3.8, 4) is 6.26 Å². The summed E-state index contributed by atoms with van der Waals surface area (Å²) in [4.78, 5) is 40.0. The highest BCUT2D eigenvalue weighted by atomic mass is 16.5. The van der Waals surface area contributed by atoms with E-state index in [1.807, 2.05) is 0 Å². The number of hydrogen-bond donors (Lipinski definition) is 2. The molecule has 0 aromatic heterocycles. The largest absolute Gasteiger partial charge is 0.428 e. The van der Waals surface area contributed by atoms with Crippen molar-refractivity contribution < 1.29 is 19.1 Å². The van der Waals surface area contributed by atoms with Gasteiger partial charge in [0, 0.05) is 19.6 Å². The molecule has 0 heterocycles. The van der Waals surface area contributed by atoms with Crippen LogP contribution in [0.25, 0.3) is 0 Å². The van der Waals surface area contributed by atoms with Crippen LogP contribution in [0, 0.1) is 11.5 Å². The van der Waals surface area contributed by atoms with Gasteiger partial charge >= 0.3 is 12.1 Å². The number of unbranched alkanes of at least 4 members (excludes halogenated alkanes) is 10. The van der Waals surface area contributed by atoms with Gasteiger partial charge in [-0.25, -0.2) is 24.3 Å². The van der Waals surface area contributed by atoms with E-state index in [9.17, 15) is 14.4 Å². The molecule has 0 bridgehead atoms. The van der Waals surface area contributed by atoms with Gasteiger partial charge in [0.05, 0.1) is 6.54 Å². The van der Waals surface area contributed by atoms with Gasteiger partial charge in [0.25, 0.3) is 6.26 Å². The Kier molecular flexibility index (Phi) is 21.2. The lowest BCUT2D eigenvalue weighted by Crippen LogP contribution is -2.49. The van der Waals surface area contributed by atoms with Crippen LogP contribution < -0.4 is 10.6 Å². The summed E-state index contributed by atoms with van der Waals surface area (Å²) in [5, 5.41) is 14.0. The number of nitrogens with zero attached hydrogens (tertiary/aromatic N) is 3. The lowest BCUT2D eigenvalue weighted by Gasteiger charge is -2.22. The Morgan fingerprint density at radius 3 is 2.00 bits per heavy atom. The number of carbonyl (C=O) groups is 2. The topological polar surface area (TPSA) is 124 Å². The molecule has 0 atom stereocenters. The smallest absolute Gasteiger partial charge is 0.325 e. The number of rotatable bonds is 20. The fourth-order valence-corrected chi connectivity index (χ4v) is 3.16. The van der Waals surface area contributed by atoms with Crippen LogP contribution in [0.2, 0.25) is 0 Å². The number of urea groups is 2. The Morgan fingerprint density at radius 2 is 1.41 bits per heavy atom. The van der Waals surface area contributed by atoms with E-state index < -0.39 is 0 Å². The molecule has 0 fully saturated rings. The maximum atomic E-state index is 12.6. The van der Waals surface area contributed by atoms with Gasteiger partial charge in [0.1, 0.15) is 6.61 Å². The number of carbonyl (C=O) groups excluding carboxylic acids is 3. The fraction of sp³-hybridized carbons (Fsp3) is 0.826. The minimum atomic E-state index is -0.369. The van der Waals surface area contributed by atoms with Crippen molar-refractivity contribution in [2.24, 2.45) is 4.99 Å². The molecule has 0 saturated carbocycles. The van der Waals surface area contributed by atoms with E-state index >= 15 is 0 Å². The summed E-state index contributed by atoms with van der Waals surface area (Å²) in [5.74, 6) is 0. The summed E-state index contributed by atoms with van der Waals surface area (Å²) in [6.07, 6.45) is 15.4.